The second-order valence-electron chi connectivity index (χ2n) is 9.03. The number of furan rings is 1. The predicted octanol–water partition coefficient (Wildman–Crippen LogP) is 5.48. The Bertz CT molecular complexity index is 1080. The Balaban J connectivity index is 1.42. The van der Waals surface area contributed by atoms with Crippen LogP contribution in [0.15, 0.2) is 41.1 Å². The third-order valence-corrected chi connectivity index (χ3v) is 7.40. The zero-order valence-electron chi connectivity index (χ0n) is 17.3. The lowest BCUT2D eigenvalue weighted by atomic mass is 9.66. The van der Waals surface area contributed by atoms with Crippen LogP contribution >= 0.6 is 11.6 Å². The molecule has 1 amide bonds. The molecule has 2 atom stereocenters. The van der Waals surface area contributed by atoms with E-state index in [4.69, 9.17) is 16.0 Å². The van der Waals surface area contributed by atoms with Crippen LogP contribution in [0.25, 0.3) is 22.2 Å². The third kappa shape index (κ3) is 3.07. The molecule has 2 saturated heterocycles. The average Bonchev–Trinajstić information content (AvgIpc) is 3.37. The average molecular weight is 427 g/mol. The van der Waals surface area contributed by atoms with Crippen molar-refractivity contribution in [1.82, 2.24) is 9.88 Å². The number of nitrogens with one attached hydrogen (secondary N) is 1. The van der Waals surface area contributed by atoms with Crippen molar-refractivity contribution in [2.45, 2.75) is 69.6 Å². The molecule has 6 heteroatoms. The monoisotopic (exact) mass is 426 g/mol. The number of fused-ring (bicyclic) bond motifs is 3. The maximum absolute atomic E-state index is 13.3. The Morgan fingerprint density at radius 3 is 2.87 bits per heavy atom. The number of nitrogens with zero attached hydrogens (tertiary/aromatic N) is 1. The van der Waals surface area contributed by atoms with Gasteiger partial charge in [0.1, 0.15) is 5.76 Å². The molecule has 2 unspecified atom stereocenters. The van der Waals surface area contributed by atoms with Gasteiger partial charge in [0, 0.05) is 41.2 Å². The lowest BCUT2D eigenvalue weighted by Gasteiger charge is -2.58. The van der Waals surface area contributed by atoms with Gasteiger partial charge in [0.15, 0.2) is 0 Å². The fourth-order valence-electron chi connectivity index (χ4n) is 5.46. The smallest absolute Gasteiger partial charge is 0.223 e. The van der Waals surface area contributed by atoms with Crippen molar-refractivity contribution in [3.8, 4) is 11.3 Å². The van der Waals surface area contributed by atoms with Crippen molar-refractivity contribution in [3.63, 3.8) is 0 Å². The van der Waals surface area contributed by atoms with Gasteiger partial charge in [0.25, 0.3) is 0 Å². The first-order valence-electron chi connectivity index (χ1n) is 10.8. The highest BCUT2D eigenvalue weighted by Crippen LogP contribution is 2.47. The van der Waals surface area contributed by atoms with Gasteiger partial charge in [-0.05, 0) is 61.4 Å². The van der Waals surface area contributed by atoms with E-state index in [0.717, 1.165) is 47.1 Å². The number of aromatic amines is 1. The second kappa shape index (κ2) is 7.17. The Morgan fingerprint density at radius 2 is 2.17 bits per heavy atom. The van der Waals surface area contributed by atoms with Crippen molar-refractivity contribution < 1.29 is 14.3 Å². The van der Waals surface area contributed by atoms with Gasteiger partial charge in [-0.25, -0.2) is 0 Å². The van der Waals surface area contributed by atoms with Crippen LogP contribution in [0.2, 0.25) is 5.02 Å². The molecular weight excluding hydrogens is 400 g/mol. The SMILES string of the molecule is CCC1CC2(O)CC(C2)N1C(=O)CC(C)c1c[nH]c2ccc(-c3ccco3)c(Cl)c12. The van der Waals surface area contributed by atoms with Crippen LogP contribution in [0.4, 0.5) is 0 Å². The van der Waals surface area contributed by atoms with Gasteiger partial charge in [-0.2, -0.15) is 0 Å². The number of aliphatic hydroxyl groups is 1. The summed E-state index contributed by atoms with van der Waals surface area (Å²) in [5.41, 5.74) is 2.31. The van der Waals surface area contributed by atoms with E-state index >= 15 is 0 Å². The van der Waals surface area contributed by atoms with Crippen molar-refractivity contribution in [3.05, 3.63) is 47.3 Å². The number of benzene rings is 1. The normalized spacial score (nSPS) is 26.6. The van der Waals surface area contributed by atoms with Crippen LogP contribution in [0, 0.1) is 0 Å². The first kappa shape index (κ1) is 19.7. The molecule has 6 rings (SSSR count). The number of halogens is 1. The van der Waals surface area contributed by atoms with Crippen molar-refractivity contribution in [1.29, 1.82) is 0 Å². The highest BCUT2D eigenvalue weighted by Gasteiger charge is 2.54. The number of hydrogen-bond donors (Lipinski definition) is 2. The number of piperidine rings is 2. The van der Waals surface area contributed by atoms with Crippen molar-refractivity contribution in [2.24, 2.45) is 0 Å². The van der Waals surface area contributed by atoms with Crippen LogP contribution in [0.3, 0.4) is 0 Å². The molecule has 3 fully saturated rings. The molecular formula is C24H27ClN2O3. The van der Waals surface area contributed by atoms with Crippen LogP contribution in [-0.2, 0) is 4.79 Å². The molecule has 1 aliphatic carbocycles. The van der Waals surface area contributed by atoms with E-state index in [1.54, 1.807) is 6.26 Å². The Hall–Kier alpha value is -2.24. The molecule has 1 aromatic carbocycles. The van der Waals surface area contributed by atoms with Gasteiger partial charge in [-0.1, -0.05) is 25.4 Å². The molecule has 2 aromatic heterocycles. The third-order valence-electron chi connectivity index (χ3n) is 7.00. The van der Waals surface area contributed by atoms with Gasteiger partial charge >= 0.3 is 0 Å². The van der Waals surface area contributed by atoms with E-state index in [9.17, 15) is 9.90 Å². The van der Waals surface area contributed by atoms with Gasteiger partial charge in [-0.15, -0.1) is 0 Å². The van der Waals surface area contributed by atoms with Crippen LogP contribution in [0.5, 0.6) is 0 Å². The number of H-pyrrole nitrogens is 1. The van der Waals surface area contributed by atoms with Crippen LogP contribution < -0.4 is 0 Å². The number of aromatic nitrogens is 1. The summed E-state index contributed by atoms with van der Waals surface area (Å²) in [5.74, 6) is 0.928. The summed E-state index contributed by atoms with van der Waals surface area (Å²) in [4.78, 5) is 18.6. The summed E-state index contributed by atoms with van der Waals surface area (Å²) in [7, 11) is 0. The summed E-state index contributed by atoms with van der Waals surface area (Å²) < 4.78 is 5.54. The first-order valence-corrected chi connectivity index (χ1v) is 11.1. The van der Waals surface area contributed by atoms with Crippen LogP contribution in [-0.4, -0.2) is 38.6 Å². The minimum Gasteiger partial charge on any atom is -0.464 e. The molecule has 30 heavy (non-hydrogen) atoms. The molecule has 0 spiro atoms. The first-order chi connectivity index (χ1) is 14.4. The summed E-state index contributed by atoms with van der Waals surface area (Å²) in [6.45, 7) is 4.18. The standard InChI is InChI=1S/C24H27ClN2O3/c1-3-15-10-24(29)11-16(12-24)27(15)21(28)9-14(2)18-13-26-19-7-6-17(23(25)22(18)19)20-5-4-8-30-20/h4-8,13-16,26,29H,3,9-12H2,1-2H3. The van der Waals surface area contributed by atoms with Crippen molar-refractivity contribution in [2.75, 3.05) is 0 Å². The lowest BCUT2D eigenvalue weighted by Crippen LogP contribution is -2.67. The highest BCUT2D eigenvalue weighted by molar-refractivity contribution is 6.38. The van der Waals surface area contributed by atoms with E-state index in [0.29, 0.717) is 17.9 Å². The largest absolute Gasteiger partial charge is 0.464 e. The van der Waals surface area contributed by atoms with E-state index in [1.807, 2.05) is 30.5 Å². The molecule has 158 valence electrons. The second-order valence-corrected chi connectivity index (χ2v) is 9.41. The predicted molar refractivity (Wildman–Crippen MR) is 118 cm³/mol. The Kier molecular flexibility index (Phi) is 4.71. The van der Waals surface area contributed by atoms with Crippen LogP contribution in [0.1, 0.15) is 57.4 Å². The number of rotatable bonds is 5. The molecule has 2 bridgehead atoms. The number of carbonyl (C=O) groups excluding carboxylic acids is 1. The fourth-order valence-corrected chi connectivity index (χ4v) is 5.83. The lowest BCUT2D eigenvalue weighted by molar-refractivity contribution is -0.178. The zero-order valence-corrected chi connectivity index (χ0v) is 18.1. The molecule has 2 N–H and O–H groups in total. The number of hydrogen-bond acceptors (Lipinski definition) is 3. The topological polar surface area (TPSA) is 69.5 Å². The maximum Gasteiger partial charge on any atom is 0.223 e. The zero-order chi connectivity index (χ0) is 21.0. The number of carbonyl (C=O) groups is 1. The quantitative estimate of drug-likeness (QED) is 0.567. The Morgan fingerprint density at radius 1 is 1.37 bits per heavy atom. The van der Waals surface area contributed by atoms with E-state index in [1.165, 1.54) is 0 Å². The van der Waals surface area contributed by atoms with Gasteiger partial charge in [0.05, 0.1) is 16.9 Å². The summed E-state index contributed by atoms with van der Waals surface area (Å²) in [6, 6.07) is 8.03. The van der Waals surface area contributed by atoms with Gasteiger partial charge in [-0.3, -0.25) is 4.79 Å². The molecule has 0 radical (unpaired) electrons. The molecule has 1 saturated carbocycles. The molecule has 5 nitrogen and oxygen atoms in total. The molecule has 2 aliphatic heterocycles. The van der Waals surface area contributed by atoms with Gasteiger partial charge < -0.3 is 19.4 Å². The molecule has 4 heterocycles. The van der Waals surface area contributed by atoms with Crippen molar-refractivity contribution >= 4 is 28.4 Å². The summed E-state index contributed by atoms with van der Waals surface area (Å²) in [6.07, 6.45) is 7.05. The summed E-state index contributed by atoms with van der Waals surface area (Å²) >= 11 is 6.80. The molecule has 3 aromatic rings. The van der Waals surface area contributed by atoms with Gasteiger partial charge in [0.2, 0.25) is 5.91 Å². The van der Waals surface area contributed by atoms with E-state index < -0.39 is 5.60 Å². The Labute approximate surface area is 181 Å². The summed E-state index contributed by atoms with van der Waals surface area (Å²) in [5, 5.41) is 12.1. The number of amides is 1. The maximum atomic E-state index is 13.3. The fraction of sp³-hybridized carbons (Fsp3) is 0.458. The highest BCUT2D eigenvalue weighted by atomic mass is 35.5. The minimum atomic E-state index is -0.541. The van der Waals surface area contributed by atoms with E-state index in [-0.39, 0.29) is 23.9 Å². The van der Waals surface area contributed by atoms with E-state index in [2.05, 4.69) is 23.7 Å². The molecule has 3 aliphatic rings. The minimum absolute atomic E-state index is 0.0222.